The summed E-state index contributed by atoms with van der Waals surface area (Å²) < 4.78 is 23.5. The number of amides is 1. The zero-order chi connectivity index (χ0) is 16.1. The SMILES string of the molecule is CC(C)CS(=O)(=O)CC(=O)NC(C)(CC(=O)O)C(C)C. The molecule has 7 heteroatoms. The van der Waals surface area contributed by atoms with Gasteiger partial charge in [-0.2, -0.15) is 0 Å². The maximum atomic E-state index is 11.9. The Morgan fingerprint density at radius 1 is 1.20 bits per heavy atom. The minimum absolute atomic E-state index is 0.0525. The summed E-state index contributed by atoms with van der Waals surface area (Å²) in [6, 6.07) is 0. The first-order valence-corrected chi connectivity index (χ1v) is 8.43. The van der Waals surface area contributed by atoms with Gasteiger partial charge in [0.2, 0.25) is 5.91 Å². The highest BCUT2D eigenvalue weighted by Gasteiger charge is 2.33. The lowest BCUT2D eigenvalue weighted by atomic mass is 9.85. The Morgan fingerprint density at radius 2 is 1.70 bits per heavy atom. The standard InChI is InChI=1S/C13H25NO5S/c1-9(2)7-20(18,19)8-11(15)14-13(5,10(3)4)6-12(16)17/h9-10H,6-8H2,1-5H3,(H,14,15)(H,16,17). The summed E-state index contributed by atoms with van der Waals surface area (Å²) in [4.78, 5) is 22.7. The number of aliphatic carboxylic acids is 1. The van der Waals surface area contributed by atoms with Gasteiger partial charge in [0.15, 0.2) is 9.84 Å². The largest absolute Gasteiger partial charge is 0.481 e. The zero-order valence-electron chi connectivity index (χ0n) is 12.8. The topological polar surface area (TPSA) is 101 Å². The Kier molecular flexibility index (Phi) is 6.67. The van der Waals surface area contributed by atoms with Gasteiger partial charge in [-0.15, -0.1) is 0 Å². The van der Waals surface area contributed by atoms with Crippen molar-refractivity contribution in [2.24, 2.45) is 11.8 Å². The molecule has 0 saturated heterocycles. The molecule has 0 saturated carbocycles. The molecule has 2 N–H and O–H groups in total. The fraction of sp³-hybridized carbons (Fsp3) is 0.846. The minimum Gasteiger partial charge on any atom is -0.481 e. The van der Waals surface area contributed by atoms with E-state index in [9.17, 15) is 18.0 Å². The van der Waals surface area contributed by atoms with Crippen LogP contribution in [-0.2, 0) is 19.4 Å². The van der Waals surface area contributed by atoms with Crippen LogP contribution in [0.4, 0.5) is 0 Å². The molecule has 0 aromatic heterocycles. The molecule has 0 heterocycles. The van der Waals surface area contributed by atoms with Crippen LogP contribution in [0.2, 0.25) is 0 Å². The predicted molar refractivity (Wildman–Crippen MR) is 77.1 cm³/mol. The first-order valence-electron chi connectivity index (χ1n) is 6.61. The van der Waals surface area contributed by atoms with Gasteiger partial charge in [-0.3, -0.25) is 9.59 Å². The van der Waals surface area contributed by atoms with Gasteiger partial charge in [-0.1, -0.05) is 27.7 Å². The third-order valence-corrected chi connectivity index (χ3v) is 5.03. The van der Waals surface area contributed by atoms with E-state index in [0.717, 1.165) is 0 Å². The van der Waals surface area contributed by atoms with Gasteiger partial charge in [0.05, 0.1) is 12.2 Å². The van der Waals surface area contributed by atoms with Crippen LogP contribution in [-0.4, -0.2) is 42.4 Å². The number of hydrogen-bond donors (Lipinski definition) is 2. The van der Waals surface area contributed by atoms with E-state index in [4.69, 9.17) is 5.11 Å². The maximum absolute atomic E-state index is 11.9. The molecule has 0 aliphatic rings. The minimum atomic E-state index is -3.47. The van der Waals surface area contributed by atoms with Crippen molar-refractivity contribution in [3.8, 4) is 0 Å². The Hall–Kier alpha value is -1.11. The van der Waals surface area contributed by atoms with E-state index in [1.165, 1.54) is 0 Å². The second-order valence-electron chi connectivity index (χ2n) is 6.14. The molecule has 0 aliphatic carbocycles. The monoisotopic (exact) mass is 307 g/mol. The van der Waals surface area contributed by atoms with Gasteiger partial charge >= 0.3 is 5.97 Å². The first-order chi connectivity index (χ1) is 8.88. The molecule has 1 amide bonds. The van der Waals surface area contributed by atoms with E-state index >= 15 is 0 Å². The molecule has 0 aromatic rings. The van der Waals surface area contributed by atoms with Crippen LogP contribution >= 0.6 is 0 Å². The third-order valence-electron chi connectivity index (χ3n) is 3.16. The summed E-state index contributed by atoms with van der Waals surface area (Å²) in [5, 5.41) is 11.4. The molecule has 0 aromatic carbocycles. The average molecular weight is 307 g/mol. The molecular weight excluding hydrogens is 282 g/mol. The van der Waals surface area contributed by atoms with E-state index in [1.807, 2.05) is 0 Å². The second-order valence-corrected chi connectivity index (χ2v) is 8.25. The average Bonchev–Trinajstić information content (AvgIpc) is 2.10. The van der Waals surface area contributed by atoms with Gasteiger partial charge < -0.3 is 10.4 Å². The number of carboxylic acid groups (broad SMARTS) is 1. The fourth-order valence-corrected chi connectivity index (χ4v) is 3.43. The molecule has 1 atom stereocenters. The molecule has 0 bridgehead atoms. The lowest BCUT2D eigenvalue weighted by Crippen LogP contribution is -2.52. The summed E-state index contributed by atoms with van der Waals surface area (Å²) in [6.07, 6.45) is -0.249. The van der Waals surface area contributed by atoms with E-state index in [2.05, 4.69) is 5.32 Å². The van der Waals surface area contributed by atoms with Crippen molar-refractivity contribution < 1.29 is 23.1 Å². The smallest absolute Gasteiger partial charge is 0.305 e. The fourth-order valence-electron chi connectivity index (χ4n) is 1.83. The number of rotatable bonds is 8. The van der Waals surface area contributed by atoms with Crippen molar-refractivity contribution in [3.05, 3.63) is 0 Å². The van der Waals surface area contributed by atoms with Crippen LogP contribution in [0.1, 0.15) is 41.0 Å². The van der Waals surface area contributed by atoms with Crippen LogP contribution < -0.4 is 5.32 Å². The summed E-state index contributed by atoms with van der Waals surface area (Å²) in [7, 11) is -3.47. The van der Waals surface area contributed by atoms with Gasteiger partial charge in [0, 0.05) is 5.54 Å². The van der Waals surface area contributed by atoms with Crippen LogP contribution in [0.25, 0.3) is 0 Å². The summed E-state index contributed by atoms with van der Waals surface area (Å²) in [6.45, 7) is 8.70. The quantitative estimate of drug-likeness (QED) is 0.698. The van der Waals surface area contributed by atoms with Crippen LogP contribution in [0.3, 0.4) is 0 Å². The molecule has 0 spiro atoms. The number of carbonyl (C=O) groups is 2. The number of carbonyl (C=O) groups excluding carboxylic acids is 1. The Labute approximate surface area is 120 Å². The highest BCUT2D eigenvalue weighted by atomic mass is 32.2. The highest BCUT2D eigenvalue weighted by Crippen LogP contribution is 2.20. The van der Waals surface area contributed by atoms with E-state index < -0.39 is 33.0 Å². The first kappa shape index (κ1) is 18.9. The van der Waals surface area contributed by atoms with Crippen molar-refractivity contribution in [1.82, 2.24) is 5.32 Å². The van der Waals surface area contributed by atoms with Crippen molar-refractivity contribution in [2.75, 3.05) is 11.5 Å². The Balaban J connectivity index is 4.83. The van der Waals surface area contributed by atoms with Crippen molar-refractivity contribution in [1.29, 1.82) is 0 Å². The lowest BCUT2D eigenvalue weighted by Gasteiger charge is -2.33. The Morgan fingerprint density at radius 3 is 2.05 bits per heavy atom. The van der Waals surface area contributed by atoms with E-state index in [-0.39, 0.29) is 24.0 Å². The normalized spacial score (nSPS) is 15.2. The second kappa shape index (κ2) is 7.06. The Bertz CT molecular complexity index is 455. The summed E-state index contributed by atoms with van der Waals surface area (Å²) in [5.74, 6) is -2.53. The molecule has 0 fully saturated rings. The maximum Gasteiger partial charge on any atom is 0.305 e. The lowest BCUT2D eigenvalue weighted by molar-refractivity contribution is -0.139. The number of nitrogens with one attached hydrogen (secondary N) is 1. The number of sulfone groups is 1. The molecule has 0 rings (SSSR count). The molecule has 6 nitrogen and oxygen atoms in total. The van der Waals surface area contributed by atoms with Crippen LogP contribution in [0.15, 0.2) is 0 Å². The van der Waals surface area contributed by atoms with Crippen LogP contribution in [0.5, 0.6) is 0 Å². The van der Waals surface area contributed by atoms with Gasteiger partial charge in [0.25, 0.3) is 0 Å². The van der Waals surface area contributed by atoms with Crippen LogP contribution in [0, 0.1) is 11.8 Å². The van der Waals surface area contributed by atoms with Crippen molar-refractivity contribution in [3.63, 3.8) is 0 Å². The van der Waals surface area contributed by atoms with E-state index in [0.29, 0.717) is 0 Å². The van der Waals surface area contributed by atoms with Gasteiger partial charge in [-0.25, -0.2) is 8.42 Å². The van der Waals surface area contributed by atoms with Crippen molar-refractivity contribution in [2.45, 2.75) is 46.6 Å². The number of carboxylic acids is 1. The zero-order valence-corrected chi connectivity index (χ0v) is 13.6. The molecule has 0 radical (unpaired) electrons. The van der Waals surface area contributed by atoms with Gasteiger partial charge in [0.1, 0.15) is 5.75 Å². The number of hydrogen-bond acceptors (Lipinski definition) is 4. The molecule has 118 valence electrons. The molecule has 0 aliphatic heterocycles. The molecular formula is C13H25NO5S. The predicted octanol–water partition coefficient (Wildman–Crippen LogP) is 1.06. The summed E-state index contributed by atoms with van der Waals surface area (Å²) in [5.41, 5.74) is -0.962. The van der Waals surface area contributed by atoms with E-state index in [1.54, 1.807) is 34.6 Å². The van der Waals surface area contributed by atoms with Crippen molar-refractivity contribution >= 4 is 21.7 Å². The highest BCUT2D eigenvalue weighted by molar-refractivity contribution is 7.92. The third kappa shape index (κ3) is 6.88. The van der Waals surface area contributed by atoms with Gasteiger partial charge in [-0.05, 0) is 18.8 Å². The molecule has 20 heavy (non-hydrogen) atoms. The molecule has 1 unspecified atom stereocenters. The summed E-state index contributed by atoms with van der Waals surface area (Å²) >= 11 is 0.